The molecule has 0 saturated carbocycles. The van der Waals surface area contributed by atoms with Gasteiger partial charge in [0.05, 0.1) is 16.0 Å². The Morgan fingerprint density at radius 2 is 2.08 bits per heavy atom. The fraction of sp³-hybridized carbons (Fsp3) is 0.579. The lowest BCUT2D eigenvalue weighted by atomic mass is 10.1. The summed E-state index contributed by atoms with van der Waals surface area (Å²) in [6, 6.07) is 6.61. The largest absolute Gasteiger partial charge is 0.354 e. The molecule has 0 radical (unpaired) electrons. The highest BCUT2D eigenvalue weighted by molar-refractivity contribution is 8.00. The molecule has 6 heteroatoms. The number of carbonyl (C=O) groups excluding carboxylic acids is 2. The first-order valence-electron chi connectivity index (χ1n) is 8.92. The van der Waals surface area contributed by atoms with Gasteiger partial charge in [-0.05, 0) is 30.9 Å². The topological polar surface area (TPSA) is 49.4 Å². The van der Waals surface area contributed by atoms with Crippen LogP contribution >= 0.6 is 23.4 Å². The summed E-state index contributed by atoms with van der Waals surface area (Å²) in [6.45, 7) is 7.00. The van der Waals surface area contributed by atoms with Crippen molar-refractivity contribution in [2.75, 3.05) is 12.3 Å². The number of hydrogen-bond acceptors (Lipinski definition) is 3. The Kier molecular flexibility index (Phi) is 7.63. The smallest absolute Gasteiger partial charge is 0.256 e. The van der Waals surface area contributed by atoms with Crippen molar-refractivity contribution in [3.05, 3.63) is 34.9 Å². The standard InChI is InChI=1S/C19H27ClN2O2S/c1-4-5-10-21-18(23)16-12-25-17(11-13(2)3)22(16)19(24)14-8-6-7-9-15(14)20/h6-9,13,16-17H,4-5,10-12H2,1-3H3,(H,21,23). The van der Waals surface area contributed by atoms with Crippen LogP contribution < -0.4 is 5.32 Å². The highest BCUT2D eigenvalue weighted by Gasteiger charge is 2.42. The van der Waals surface area contributed by atoms with Crippen molar-refractivity contribution in [2.24, 2.45) is 5.92 Å². The van der Waals surface area contributed by atoms with E-state index in [9.17, 15) is 9.59 Å². The predicted molar refractivity (Wildman–Crippen MR) is 105 cm³/mol. The minimum atomic E-state index is -0.436. The van der Waals surface area contributed by atoms with Crippen LogP contribution in [0.15, 0.2) is 24.3 Å². The zero-order chi connectivity index (χ0) is 18.4. The Bertz CT molecular complexity index is 609. The second kappa shape index (κ2) is 9.48. The molecule has 0 aliphatic carbocycles. The summed E-state index contributed by atoms with van der Waals surface area (Å²) >= 11 is 7.91. The molecule has 1 aliphatic heterocycles. The van der Waals surface area contributed by atoms with Crippen LogP contribution in [0.25, 0.3) is 0 Å². The fourth-order valence-corrected chi connectivity index (χ4v) is 4.76. The third kappa shape index (κ3) is 5.14. The molecule has 1 N–H and O–H groups in total. The Balaban J connectivity index is 2.22. The summed E-state index contributed by atoms with van der Waals surface area (Å²) in [5.41, 5.74) is 0.465. The minimum absolute atomic E-state index is 0.00528. The van der Waals surface area contributed by atoms with E-state index >= 15 is 0 Å². The molecule has 1 aromatic rings. The van der Waals surface area contributed by atoms with Crippen molar-refractivity contribution in [3.8, 4) is 0 Å². The van der Waals surface area contributed by atoms with Crippen molar-refractivity contribution >= 4 is 35.2 Å². The lowest BCUT2D eigenvalue weighted by Crippen LogP contribution is -2.50. The van der Waals surface area contributed by atoms with E-state index < -0.39 is 6.04 Å². The van der Waals surface area contributed by atoms with Gasteiger partial charge in [0.1, 0.15) is 6.04 Å². The van der Waals surface area contributed by atoms with Crippen molar-refractivity contribution in [1.29, 1.82) is 0 Å². The molecule has 4 nitrogen and oxygen atoms in total. The molecule has 1 fully saturated rings. The number of carbonyl (C=O) groups is 2. The van der Waals surface area contributed by atoms with E-state index in [1.165, 1.54) is 0 Å². The maximum absolute atomic E-state index is 13.2. The maximum Gasteiger partial charge on any atom is 0.256 e. The summed E-state index contributed by atoms with van der Waals surface area (Å²) in [7, 11) is 0. The summed E-state index contributed by atoms with van der Waals surface area (Å²) < 4.78 is 0. The zero-order valence-corrected chi connectivity index (χ0v) is 16.7. The van der Waals surface area contributed by atoms with Crippen LogP contribution in [0.3, 0.4) is 0 Å². The average molecular weight is 383 g/mol. The molecule has 25 heavy (non-hydrogen) atoms. The third-order valence-corrected chi connectivity index (χ3v) is 5.88. The third-order valence-electron chi connectivity index (χ3n) is 4.24. The molecule has 0 spiro atoms. The maximum atomic E-state index is 13.2. The lowest BCUT2D eigenvalue weighted by molar-refractivity contribution is -0.124. The minimum Gasteiger partial charge on any atom is -0.354 e. The summed E-state index contributed by atoms with van der Waals surface area (Å²) in [4.78, 5) is 27.5. The predicted octanol–water partition coefficient (Wildman–Crippen LogP) is 4.19. The molecule has 1 saturated heterocycles. The van der Waals surface area contributed by atoms with E-state index in [0.29, 0.717) is 28.8 Å². The molecule has 1 aliphatic rings. The fourth-order valence-electron chi connectivity index (χ4n) is 2.90. The number of nitrogens with zero attached hydrogens (tertiary/aromatic N) is 1. The molecule has 2 amide bonds. The van der Waals surface area contributed by atoms with Crippen LogP contribution in [0, 0.1) is 5.92 Å². The molecule has 2 atom stereocenters. The van der Waals surface area contributed by atoms with Gasteiger partial charge >= 0.3 is 0 Å². The van der Waals surface area contributed by atoms with Crippen LogP contribution in [0.5, 0.6) is 0 Å². The first-order valence-corrected chi connectivity index (χ1v) is 10.3. The highest BCUT2D eigenvalue weighted by Crippen LogP contribution is 2.35. The molecule has 1 aromatic carbocycles. The number of halogens is 1. The Labute approximate surface area is 159 Å². The Morgan fingerprint density at radius 3 is 2.72 bits per heavy atom. The van der Waals surface area contributed by atoms with Gasteiger partial charge in [0.25, 0.3) is 5.91 Å². The normalized spacial score (nSPS) is 20.1. The molecule has 0 aromatic heterocycles. The van der Waals surface area contributed by atoms with E-state index in [1.54, 1.807) is 40.9 Å². The molecule has 138 valence electrons. The second-order valence-corrected chi connectivity index (χ2v) is 8.39. The summed E-state index contributed by atoms with van der Waals surface area (Å²) in [5, 5.41) is 3.41. The van der Waals surface area contributed by atoms with Gasteiger partial charge in [0, 0.05) is 12.3 Å². The van der Waals surface area contributed by atoms with Crippen molar-refractivity contribution < 1.29 is 9.59 Å². The quantitative estimate of drug-likeness (QED) is 0.719. The van der Waals surface area contributed by atoms with Gasteiger partial charge in [-0.15, -0.1) is 11.8 Å². The van der Waals surface area contributed by atoms with Crippen molar-refractivity contribution in [1.82, 2.24) is 10.2 Å². The number of benzene rings is 1. The van der Waals surface area contributed by atoms with Crippen molar-refractivity contribution in [3.63, 3.8) is 0 Å². The SMILES string of the molecule is CCCCNC(=O)C1CSC(CC(C)C)N1C(=O)c1ccccc1Cl. The number of amides is 2. The van der Waals surface area contributed by atoms with Gasteiger partial charge in [0.2, 0.25) is 5.91 Å². The van der Waals surface area contributed by atoms with Crippen LogP contribution in [0.4, 0.5) is 0 Å². The summed E-state index contributed by atoms with van der Waals surface area (Å²) in [6.07, 6.45) is 2.83. The van der Waals surface area contributed by atoms with Crippen LogP contribution in [0.1, 0.15) is 50.4 Å². The van der Waals surface area contributed by atoms with E-state index in [0.717, 1.165) is 19.3 Å². The average Bonchev–Trinajstić information content (AvgIpc) is 2.97. The molecule has 0 bridgehead atoms. The monoisotopic (exact) mass is 382 g/mol. The first-order chi connectivity index (χ1) is 12.0. The van der Waals surface area contributed by atoms with E-state index in [2.05, 4.69) is 26.1 Å². The molecule has 1 heterocycles. The van der Waals surface area contributed by atoms with Gasteiger partial charge in [-0.1, -0.05) is 50.9 Å². The lowest BCUT2D eigenvalue weighted by Gasteiger charge is -2.30. The second-order valence-electron chi connectivity index (χ2n) is 6.77. The molecular weight excluding hydrogens is 356 g/mol. The van der Waals surface area contributed by atoms with Gasteiger partial charge in [-0.3, -0.25) is 9.59 Å². The molecule has 2 rings (SSSR count). The first kappa shape index (κ1) is 20.1. The van der Waals surface area contributed by atoms with Crippen LogP contribution in [-0.2, 0) is 4.79 Å². The number of rotatable bonds is 7. The molecular formula is C19H27ClN2O2S. The highest BCUT2D eigenvalue weighted by atomic mass is 35.5. The van der Waals surface area contributed by atoms with E-state index in [1.807, 2.05) is 0 Å². The number of thioether (sulfide) groups is 1. The van der Waals surface area contributed by atoms with Gasteiger partial charge < -0.3 is 10.2 Å². The van der Waals surface area contributed by atoms with E-state index in [-0.39, 0.29) is 17.2 Å². The summed E-state index contributed by atoms with van der Waals surface area (Å²) in [5.74, 6) is 0.858. The molecule has 2 unspecified atom stereocenters. The van der Waals surface area contributed by atoms with E-state index in [4.69, 9.17) is 11.6 Å². The number of hydrogen-bond donors (Lipinski definition) is 1. The van der Waals surface area contributed by atoms with Gasteiger partial charge in [0.15, 0.2) is 0 Å². The van der Waals surface area contributed by atoms with Crippen LogP contribution in [0.2, 0.25) is 5.02 Å². The number of unbranched alkanes of at least 4 members (excludes halogenated alkanes) is 1. The van der Waals surface area contributed by atoms with Gasteiger partial charge in [-0.25, -0.2) is 0 Å². The van der Waals surface area contributed by atoms with Crippen LogP contribution in [-0.4, -0.2) is 40.4 Å². The Morgan fingerprint density at radius 1 is 1.36 bits per heavy atom. The Hall–Kier alpha value is -1.20. The van der Waals surface area contributed by atoms with Gasteiger partial charge in [-0.2, -0.15) is 0 Å². The number of nitrogens with one attached hydrogen (secondary N) is 1. The van der Waals surface area contributed by atoms with Crippen molar-refractivity contribution in [2.45, 2.75) is 51.4 Å². The zero-order valence-electron chi connectivity index (χ0n) is 15.1.